The predicted molar refractivity (Wildman–Crippen MR) is 250 cm³/mol. The average molecular weight is 1040 g/mol. The van der Waals surface area contributed by atoms with Gasteiger partial charge < -0.3 is 38.7 Å². The minimum atomic E-state index is -1.24. The van der Waals surface area contributed by atoms with Gasteiger partial charge in [-0.3, -0.25) is 0 Å². The molecule has 0 bridgehead atoms. The minimum absolute atomic E-state index is 0.0385. The number of methoxy groups -OCH3 is 1. The first-order valence-electron chi connectivity index (χ1n) is 20.1. The van der Waals surface area contributed by atoms with Gasteiger partial charge >= 0.3 is 11.9 Å². The van der Waals surface area contributed by atoms with Crippen molar-refractivity contribution >= 4 is 43.8 Å². The van der Waals surface area contributed by atoms with Gasteiger partial charge in [-0.2, -0.15) is 0 Å². The van der Waals surface area contributed by atoms with Crippen LogP contribution in [0.15, 0.2) is 142 Å². The number of carboxylic acids is 1. The third kappa shape index (κ3) is 10.7. The van der Waals surface area contributed by atoms with E-state index in [0.717, 1.165) is 38.2 Å². The Morgan fingerprint density at radius 3 is 1.40 bits per heavy atom. The van der Waals surface area contributed by atoms with Gasteiger partial charge in [-0.15, -0.1) is 0 Å². The molecule has 0 aliphatic rings. The van der Waals surface area contributed by atoms with E-state index in [4.69, 9.17) is 14.2 Å². The first-order valence-corrected chi connectivity index (χ1v) is 21.7. The number of nitrogens with zero attached hydrogens (tertiary/aromatic N) is 2. The minimum Gasteiger partial charge on any atom is -0.507 e. The number of hydrogen-bond donors (Lipinski definition) is 3. The normalized spacial score (nSPS) is 10.9. The van der Waals surface area contributed by atoms with E-state index in [0.29, 0.717) is 39.7 Å². The summed E-state index contributed by atoms with van der Waals surface area (Å²) in [6.45, 7) is 3.57. The number of phenols is 2. The zero-order valence-electron chi connectivity index (χ0n) is 35.7. The van der Waals surface area contributed by atoms with Crippen molar-refractivity contribution in [2.45, 2.75) is 27.1 Å². The van der Waals surface area contributed by atoms with Crippen molar-refractivity contribution in [1.82, 2.24) is 9.13 Å². The molecule has 0 aliphatic carbocycles. The first-order chi connectivity index (χ1) is 32.0. The molecule has 0 radical (unpaired) electrons. The highest BCUT2D eigenvalue weighted by atomic mass is 79.9. The van der Waals surface area contributed by atoms with Crippen LogP contribution in [0.3, 0.4) is 0 Å². The van der Waals surface area contributed by atoms with E-state index in [1.165, 1.54) is 49.6 Å². The van der Waals surface area contributed by atoms with E-state index >= 15 is 0 Å². The van der Waals surface area contributed by atoms with Crippen LogP contribution in [-0.2, 0) is 18.0 Å². The number of rotatable bonds is 12. The molecule has 6 aromatic carbocycles. The maximum Gasteiger partial charge on any atom is 0.341 e. The van der Waals surface area contributed by atoms with Crippen molar-refractivity contribution in [2.75, 3.05) is 7.11 Å². The number of carbonyl (C=O) groups excluding carboxylic acids is 1. The number of hydrogen-bond acceptors (Lipinski definition) is 7. The fourth-order valence-corrected chi connectivity index (χ4v) is 7.92. The zero-order valence-corrected chi connectivity index (χ0v) is 38.8. The van der Waals surface area contributed by atoms with Crippen molar-refractivity contribution in [2.24, 2.45) is 0 Å². The second kappa shape index (κ2) is 20.5. The Bertz CT molecular complexity index is 3170. The standard InChI is InChI=1S/C26H20BrF2NO4.C25H18BrF2NO4/c1-15-3-8-23(30(15)19-7-9-24(31)21(13-19)26(32)33-2)20-11-17(27)5-10-25(20)34-14-16-4-6-18(28)12-22(16)29;1-14-2-7-22(29(14)18-6-8-23(30)20(12-18)25(31)32)19-10-16(26)4-9-24(19)33-13-15-3-5-17(27)11-21(15)28/h3-13,31H,14H2,1-2H3;2-12,30H,13H2,1H3,(H,31,32). The van der Waals surface area contributed by atoms with E-state index in [9.17, 15) is 42.5 Å². The maximum atomic E-state index is 14.1. The molecule has 3 N–H and O–H groups in total. The van der Waals surface area contributed by atoms with Crippen LogP contribution in [0.2, 0.25) is 0 Å². The molecule has 0 aliphatic heterocycles. The van der Waals surface area contributed by atoms with Gasteiger partial charge in [0.15, 0.2) is 0 Å². The Labute approximate surface area is 398 Å². The summed E-state index contributed by atoms with van der Waals surface area (Å²) in [4.78, 5) is 23.6. The molecule has 2 heterocycles. The molecule has 0 spiro atoms. The Morgan fingerprint density at radius 1 is 0.552 bits per heavy atom. The number of benzene rings is 6. The highest BCUT2D eigenvalue weighted by Gasteiger charge is 2.21. The lowest BCUT2D eigenvalue weighted by Crippen LogP contribution is -2.06. The summed E-state index contributed by atoms with van der Waals surface area (Å²) in [6.07, 6.45) is 0. The molecule has 8 rings (SSSR count). The fraction of sp³-hybridized carbons (Fsp3) is 0.0980. The lowest BCUT2D eigenvalue weighted by atomic mass is 10.1. The number of halogens is 6. The smallest absolute Gasteiger partial charge is 0.341 e. The van der Waals surface area contributed by atoms with Gasteiger partial charge in [0.25, 0.3) is 0 Å². The van der Waals surface area contributed by atoms with Crippen molar-refractivity contribution in [3.8, 4) is 56.9 Å². The Kier molecular flexibility index (Phi) is 14.6. The van der Waals surface area contributed by atoms with Crippen LogP contribution in [0, 0.1) is 37.1 Å². The van der Waals surface area contributed by atoms with E-state index in [-0.39, 0.29) is 47.0 Å². The molecule has 0 amide bonds. The van der Waals surface area contributed by atoms with Gasteiger partial charge in [0.05, 0.1) is 18.5 Å². The van der Waals surface area contributed by atoms with E-state index in [2.05, 4.69) is 31.9 Å². The summed E-state index contributed by atoms with van der Waals surface area (Å²) in [5.74, 6) is -4.16. The van der Waals surface area contributed by atoms with E-state index < -0.39 is 35.2 Å². The Morgan fingerprint density at radius 2 is 0.985 bits per heavy atom. The van der Waals surface area contributed by atoms with Crippen LogP contribution in [0.25, 0.3) is 33.9 Å². The maximum absolute atomic E-state index is 14.1. The Balaban J connectivity index is 0.000000199. The van der Waals surface area contributed by atoms with Crippen LogP contribution < -0.4 is 9.47 Å². The van der Waals surface area contributed by atoms with Gasteiger partial charge in [-0.05, 0) is 135 Å². The molecule has 0 saturated heterocycles. The summed E-state index contributed by atoms with van der Waals surface area (Å²) >= 11 is 6.95. The Hall–Kier alpha value is -7.30. The van der Waals surface area contributed by atoms with Crippen molar-refractivity contribution in [1.29, 1.82) is 0 Å². The second-order valence-electron chi connectivity index (χ2n) is 14.9. The van der Waals surface area contributed by atoms with Gasteiger partial charge in [-0.1, -0.05) is 31.9 Å². The summed E-state index contributed by atoms with van der Waals surface area (Å²) in [7, 11) is 1.25. The van der Waals surface area contributed by atoms with Gasteiger partial charge in [-0.25, -0.2) is 27.2 Å². The molecule has 342 valence electrons. The van der Waals surface area contributed by atoms with Gasteiger partial charge in [0.1, 0.15) is 70.6 Å². The molecule has 10 nitrogen and oxygen atoms in total. The van der Waals surface area contributed by atoms with Crippen LogP contribution in [0.1, 0.15) is 43.2 Å². The molecule has 0 atom stereocenters. The number of aromatic carboxylic acids is 1. The van der Waals surface area contributed by atoms with Gasteiger partial charge in [0.2, 0.25) is 0 Å². The van der Waals surface area contributed by atoms with Crippen molar-refractivity contribution in [3.63, 3.8) is 0 Å². The quantitative estimate of drug-likeness (QED) is 0.0814. The third-order valence-electron chi connectivity index (χ3n) is 10.5. The summed E-state index contributed by atoms with van der Waals surface area (Å²) < 4.78 is 76.6. The van der Waals surface area contributed by atoms with Crippen LogP contribution in [-0.4, -0.2) is 43.5 Å². The van der Waals surface area contributed by atoms with Crippen LogP contribution in [0.5, 0.6) is 23.0 Å². The number of carbonyl (C=O) groups is 2. The number of aromatic hydroxyl groups is 2. The number of esters is 1. The second-order valence-corrected chi connectivity index (χ2v) is 16.8. The summed E-state index contributed by atoms with van der Waals surface area (Å²) in [6, 6.07) is 33.9. The summed E-state index contributed by atoms with van der Waals surface area (Å²) in [5, 5.41) is 29.4. The lowest BCUT2D eigenvalue weighted by molar-refractivity contribution is 0.0596. The van der Waals surface area contributed by atoms with Crippen LogP contribution >= 0.6 is 31.9 Å². The van der Waals surface area contributed by atoms with Crippen LogP contribution in [0.4, 0.5) is 17.6 Å². The largest absolute Gasteiger partial charge is 0.507 e. The third-order valence-corrected chi connectivity index (χ3v) is 11.5. The summed E-state index contributed by atoms with van der Waals surface area (Å²) in [5.41, 5.74) is 5.94. The molecule has 8 aromatic rings. The monoisotopic (exact) mass is 1040 g/mol. The fourth-order valence-electron chi connectivity index (χ4n) is 7.20. The number of carboxylic acid groups (broad SMARTS) is 1. The molecular formula is C51H38Br2F4N2O8. The molecule has 0 unspecified atom stereocenters. The highest BCUT2D eigenvalue weighted by Crippen LogP contribution is 2.39. The molecule has 67 heavy (non-hydrogen) atoms. The number of aryl methyl sites for hydroxylation is 2. The molecule has 0 saturated carbocycles. The molecular weight excluding hydrogens is 1000 g/mol. The topological polar surface area (TPSA) is 132 Å². The zero-order chi connectivity index (χ0) is 48.1. The SMILES string of the molecule is COC(=O)c1cc(-n2c(C)ccc2-c2cc(Br)ccc2OCc2ccc(F)cc2F)ccc1O.Cc1ccc(-c2cc(Br)ccc2OCc2ccc(F)cc2F)n1-c1ccc(O)c(C(=O)O)c1. The van der Waals surface area contributed by atoms with E-state index in [1.54, 1.807) is 42.5 Å². The number of phenolic OH excluding ortho intramolecular Hbond substituents is 1. The van der Waals surface area contributed by atoms with E-state index in [1.807, 2.05) is 59.4 Å². The lowest BCUT2D eigenvalue weighted by Gasteiger charge is -2.17. The molecule has 0 fully saturated rings. The number of ether oxygens (including phenoxy) is 3. The first kappa shape index (κ1) is 47.7. The van der Waals surface area contributed by atoms with Crippen molar-refractivity contribution in [3.05, 3.63) is 199 Å². The highest BCUT2D eigenvalue weighted by molar-refractivity contribution is 9.10. The predicted octanol–water partition coefficient (Wildman–Crippen LogP) is 13.0. The molecule has 2 aromatic heterocycles. The molecule has 16 heteroatoms. The van der Waals surface area contributed by atoms with Gasteiger partial charge in [0, 0.05) is 66.1 Å². The van der Waals surface area contributed by atoms with Crippen molar-refractivity contribution < 1.29 is 56.7 Å². The average Bonchev–Trinajstić information content (AvgIpc) is 3.88. The number of aromatic nitrogens is 2.